The maximum atomic E-state index is 9.40. The van der Waals surface area contributed by atoms with Gasteiger partial charge in [-0.15, -0.1) is 0 Å². The van der Waals surface area contributed by atoms with Gasteiger partial charge in [0.2, 0.25) is 0 Å². The zero-order chi connectivity index (χ0) is 5.70. The van der Waals surface area contributed by atoms with Crippen molar-refractivity contribution in [3.63, 3.8) is 0 Å². The summed E-state index contributed by atoms with van der Waals surface area (Å²) in [6.07, 6.45) is 0. The Morgan fingerprint density at radius 1 is 0.857 bits per heavy atom. The average Bonchev–Trinajstić information content (AvgIpc) is 1.72. The van der Waals surface area contributed by atoms with Crippen molar-refractivity contribution in [1.29, 1.82) is 0 Å². The molecule has 3 nitrogen and oxygen atoms in total. The van der Waals surface area contributed by atoms with Crippen LogP contribution in [-0.2, 0) is 30.3 Å². The second-order valence-electron chi connectivity index (χ2n) is 0.556. The molecule has 34 valence electrons. The van der Waals surface area contributed by atoms with Crippen LogP contribution in [0.15, 0.2) is 0 Å². The third-order valence-corrected chi connectivity index (χ3v) is 2.05. The molecule has 0 bridgehead atoms. The Kier molecular flexibility index (Phi) is 3.32. The van der Waals surface area contributed by atoms with Gasteiger partial charge in [0.25, 0.3) is 0 Å². The molecule has 0 aromatic rings. The van der Waals surface area contributed by atoms with Gasteiger partial charge in [0.15, 0.2) is 0 Å². The van der Waals surface area contributed by atoms with Gasteiger partial charge in [-0.3, -0.25) is 0 Å². The van der Waals surface area contributed by atoms with Crippen molar-refractivity contribution in [2.24, 2.45) is 0 Å². The van der Waals surface area contributed by atoms with E-state index in [2.05, 4.69) is 0 Å². The van der Waals surface area contributed by atoms with Gasteiger partial charge in [0.1, 0.15) is 0 Å². The fourth-order valence-electron chi connectivity index (χ4n) is 0.0510. The predicted octanol–water partition coefficient (Wildman–Crippen LogP) is -1.19. The van der Waals surface area contributed by atoms with Crippen molar-refractivity contribution in [1.82, 2.24) is 0 Å². The summed E-state index contributed by atoms with van der Waals surface area (Å²) in [4.78, 5) is 28.2. The van der Waals surface area contributed by atoms with E-state index in [-0.39, 0.29) is 0 Å². The van der Waals surface area contributed by atoms with E-state index in [1.54, 1.807) is 0 Å². The van der Waals surface area contributed by atoms with Gasteiger partial charge in [-0.2, -0.15) is 0 Å². The molecule has 0 rings (SSSR count). The minimum atomic E-state index is -3.05. The number of hydrogen-bond acceptors (Lipinski definition) is 3. The van der Waals surface area contributed by atoms with Crippen molar-refractivity contribution in [3.8, 4) is 0 Å². The van der Waals surface area contributed by atoms with Gasteiger partial charge < -0.3 is 0 Å². The van der Waals surface area contributed by atoms with Crippen LogP contribution in [0.4, 0.5) is 0 Å². The Morgan fingerprint density at radius 2 is 1.14 bits per heavy atom. The Balaban J connectivity index is 5.98. The van der Waals surface area contributed by atoms with E-state index >= 15 is 0 Å². The van der Waals surface area contributed by atoms with Gasteiger partial charge in [-0.25, -0.2) is 0 Å². The SMILES string of the molecule is O=[C]=[W+2](=[C]=O)=[C]=O. The van der Waals surface area contributed by atoms with Crippen LogP contribution in [0.5, 0.6) is 0 Å². The molecular weight excluding hydrogens is 268 g/mol. The molecule has 0 atom stereocenters. The van der Waals surface area contributed by atoms with Crippen LogP contribution in [0, 0.1) is 0 Å². The van der Waals surface area contributed by atoms with E-state index in [9.17, 15) is 14.4 Å². The molecule has 0 unspecified atom stereocenters. The Bertz CT molecular complexity index is 209. The first-order chi connectivity index (χ1) is 3.35. The zero-order valence-corrected chi connectivity index (χ0v) is 6.07. The standard InChI is InChI=1S/3CO.W/c3*1-2;/q;;;+2. The quantitative estimate of drug-likeness (QED) is 0.555. The fourth-order valence-corrected chi connectivity index (χ4v) is 0.418. The molecule has 0 radical (unpaired) electrons. The van der Waals surface area contributed by atoms with Crippen LogP contribution in [-0.4, -0.2) is 12.8 Å². The zero-order valence-electron chi connectivity index (χ0n) is 3.13. The second kappa shape index (κ2) is 3.61. The molecule has 0 saturated carbocycles. The van der Waals surface area contributed by atoms with Gasteiger partial charge in [-0.1, -0.05) is 0 Å². The van der Waals surface area contributed by atoms with Gasteiger partial charge in [-0.05, 0) is 0 Å². The first-order valence-corrected chi connectivity index (χ1v) is 5.62. The number of rotatable bonds is 0. The maximum absolute atomic E-state index is 9.40. The first kappa shape index (κ1) is 6.43. The van der Waals surface area contributed by atoms with Crippen molar-refractivity contribution >= 4 is 12.8 Å². The van der Waals surface area contributed by atoms with E-state index in [4.69, 9.17) is 0 Å². The molecule has 0 amide bonds. The van der Waals surface area contributed by atoms with Crippen LogP contribution >= 0.6 is 0 Å². The Hall–Kier alpha value is -0.572. The average molecular weight is 268 g/mol. The topological polar surface area (TPSA) is 51.2 Å². The molecule has 0 aromatic heterocycles. The second-order valence-corrected chi connectivity index (χ2v) is 4.55. The van der Waals surface area contributed by atoms with Crippen molar-refractivity contribution in [2.75, 3.05) is 0 Å². The van der Waals surface area contributed by atoms with Crippen LogP contribution in [0.3, 0.4) is 0 Å². The molecule has 0 spiro atoms. The summed E-state index contributed by atoms with van der Waals surface area (Å²) < 4.78 is 3.90. The van der Waals surface area contributed by atoms with Crippen molar-refractivity contribution in [3.05, 3.63) is 0 Å². The van der Waals surface area contributed by atoms with E-state index in [0.29, 0.717) is 0 Å². The summed E-state index contributed by atoms with van der Waals surface area (Å²) >= 11 is -3.05. The third-order valence-electron chi connectivity index (χ3n) is 0.250. The molecule has 0 aliphatic heterocycles. The number of hydrogen-bond donors (Lipinski definition) is 0. The monoisotopic (exact) mass is 268 g/mol. The fraction of sp³-hybridized carbons (Fsp3) is 0. The summed E-state index contributed by atoms with van der Waals surface area (Å²) in [5.41, 5.74) is 0. The van der Waals surface area contributed by atoms with Gasteiger partial charge in [0.05, 0.1) is 0 Å². The molecule has 0 aromatic carbocycles. The Labute approximate surface area is 43.6 Å². The normalized spacial score (nSPS) is 3.86. The summed E-state index contributed by atoms with van der Waals surface area (Å²) in [6, 6.07) is 0. The molecule has 7 heavy (non-hydrogen) atoms. The van der Waals surface area contributed by atoms with Crippen molar-refractivity contribution < 1.29 is 30.3 Å². The molecule has 0 saturated heterocycles. The third kappa shape index (κ3) is 2.17. The minimum absolute atomic E-state index is 1.30. The predicted molar refractivity (Wildman–Crippen MR) is 17.1 cm³/mol. The van der Waals surface area contributed by atoms with Crippen LogP contribution < -0.4 is 0 Å². The van der Waals surface area contributed by atoms with Crippen LogP contribution in [0.25, 0.3) is 0 Å². The van der Waals surface area contributed by atoms with Crippen LogP contribution in [0.1, 0.15) is 0 Å². The molecule has 0 N–H and O–H groups in total. The first-order valence-electron chi connectivity index (χ1n) is 1.22. The summed E-state index contributed by atoms with van der Waals surface area (Å²) in [7, 11) is 0. The van der Waals surface area contributed by atoms with E-state index in [0.717, 1.165) is 0 Å². The molecular formula is C3O3W+2. The van der Waals surface area contributed by atoms with Crippen LogP contribution in [0.2, 0.25) is 0 Å². The van der Waals surface area contributed by atoms with Gasteiger partial charge in [0, 0.05) is 0 Å². The van der Waals surface area contributed by atoms with Crippen molar-refractivity contribution in [2.45, 2.75) is 0 Å². The molecule has 0 aliphatic carbocycles. The van der Waals surface area contributed by atoms with E-state index in [1.165, 1.54) is 12.8 Å². The van der Waals surface area contributed by atoms with E-state index in [1.807, 2.05) is 0 Å². The summed E-state index contributed by atoms with van der Waals surface area (Å²) in [6.45, 7) is 0. The number of carbonyl (C=O) groups excluding carboxylic acids is 3. The summed E-state index contributed by atoms with van der Waals surface area (Å²) in [5, 5.41) is 0. The molecule has 0 aliphatic rings. The Morgan fingerprint density at radius 3 is 1.14 bits per heavy atom. The molecule has 4 heteroatoms. The van der Waals surface area contributed by atoms with E-state index < -0.39 is 15.9 Å². The summed E-state index contributed by atoms with van der Waals surface area (Å²) in [5.74, 6) is 0. The molecule has 0 fully saturated rings. The molecule has 0 heterocycles. The van der Waals surface area contributed by atoms with Gasteiger partial charge >= 0.3 is 43.1 Å².